The highest BCUT2D eigenvalue weighted by molar-refractivity contribution is 4.92. The maximum Gasteiger partial charge on any atom is 0.0798 e. The first-order valence-corrected chi connectivity index (χ1v) is 7.73. The minimum absolute atomic E-state index is 0.293. The fourth-order valence-electron chi connectivity index (χ4n) is 3.67. The first-order valence-electron chi connectivity index (χ1n) is 7.73. The van der Waals surface area contributed by atoms with Gasteiger partial charge in [0.1, 0.15) is 0 Å². The molecule has 2 aliphatic rings. The standard InChI is InChI=1S/C15H29NO3/c1-11-8-14(9-12(2)19-11)18-7-5-13-4-3-6-15(13,17)10-16/h11-14,17H,3-10,16H2,1-2H3. The average Bonchev–Trinajstić information content (AvgIpc) is 2.71. The van der Waals surface area contributed by atoms with Crippen LogP contribution in [0.3, 0.4) is 0 Å². The summed E-state index contributed by atoms with van der Waals surface area (Å²) in [5.74, 6) is 0.312. The van der Waals surface area contributed by atoms with Gasteiger partial charge in [-0.2, -0.15) is 0 Å². The Hall–Kier alpha value is -0.160. The van der Waals surface area contributed by atoms with E-state index in [1.165, 1.54) is 0 Å². The van der Waals surface area contributed by atoms with Crippen molar-refractivity contribution < 1.29 is 14.6 Å². The summed E-state index contributed by atoms with van der Waals surface area (Å²) in [7, 11) is 0. The Labute approximate surface area is 116 Å². The number of nitrogens with two attached hydrogens (primary N) is 1. The minimum Gasteiger partial charge on any atom is -0.388 e. The van der Waals surface area contributed by atoms with Gasteiger partial charge < -0.3 is 20.3 Å². The Kier molecular flexibility index (Phi) is 5.23. The van der Waals surface area contributed by atoms with Crippen molar-refractivity contribution in [2.45, 2.75) is 76.3 Å². The summed E-state index contributed by atoms with van der Waals surface area (Å²) in [6.45, 7) is 5.33. The summed E-state index contributed by atoms with van der Waals surface area (Å²) in [5, 5.41) is 10.4. The Morgan fingerprint density at radius 1 is 1.32 bits per heavy atom. The van der Waals surface area contributed by atoms with Crippen LogP contribution in [0, 0.1) is 5.92 Å². The Bertz CT molecular complexity index is 277. The molecule has 0 radical (unpaired) electrons. The molecule has 0 aromatic heterocycles. The smallest absolute Gasteiger partial charge is 0.0798 e. The summed E-state index contributed by atoms with van der Waals surface area (Å²) in [4.78, 5) is 0. The first kappa shape index (κ1) is 15.2. The highest BCUT2D eigenvalue weighted by Crippen LogP contribution is 2.37. The van der Waals surface area contributed by atoms with Crippen molar-refractivity contribution >= 4 is 0 Å². The van der Waals surface area contributed by atoms with Crippen LogP contribution < -0.4 is 5.73 Å². The van der Waals surface area contributed by atoms with Gasteiger partial charge in [-0.3, -0.25) is 0 Å². The topological polar surface area (TPSA) is 64.7 Å². The summed E-state index contributed by atoms with van der Waals surface area (Å²) in [6, 6.07) is 0. The maximum absolute atomic E-state index is 10.4. The van der Waals surface area contributed by atoms with Gasteiger partial charge in [0.05, 0.1) is 23.9 Å². The van der Waals surface area contributed by atoms with E-state index in [1.807, 2.05) is 0 Å². The lowest BCUT2D eigenvalue weighted by molar-refractivity contribution is -0.106. The third-order valence-corrected chi connectivity index (χ3v) is 4.75. The second kappa shape index (κ2) is 6.53. The molecular weight excluding hydrogens is 242 g/mol. The Balaban J connectivity index is 1.71. The fraction of sp³-hybridized carbons (Fsp3) is 1.00. The number of ether oxygens (including phenoxy) is 2. The summed E-state index contributed by atoms with van der Waals surface area (Å²) < 4.78 is 11.7. The van der Waals surface area contributed by atoms with Gasteiger partial charge in [-0.1, -0.05) is 6.42 Å². The van der Waals surface area contributed by atoms with E-state index in [-0.39, 0.29) is 0 Å². The van der Waals surface area contributed by atoms with Gasteiger partial charge in [0.2, 0.25) is 0 Å². The second-order valence-electron chi connectivity index (χ2n) is 6.41. The molecule has 1 aliphatic carbocycles. The SMILES string of the molecule is CC1CC(OCCC2CCCC2(O)CN)CC(C)O1. The highest BCUT2D eigenvalue weighted by atomic mass is 16.5. The van der Waals surface area contributed by atoms with E-state index in [2.05, 4.69) is 13.8 Å². The van der Waals surface area contributed by atoms with Gasteiger partial charge in [0.25, 0.3) is 0 Å². The number of aliphatic hydroxyl groups is 1. The van der Waals surface area contributed by atoms with E-state index >= 15 is 0 Å². The zero-order valence-electron chi connectivity index (χ0n) is 12.3. The summed E-state index contributed by atoms with van der Waals surface area (Å²) in [6.07, 6.45) is 6.80. The van der Waals surface area contributed by atoms with Crippen LogP contribution in [0.4, 0.5) is 0 Å². The largest absolute Gasteiger partial charge is 0.388 e. The van der Waals surface area contributed by atoms with Crippen LogP contribution in [0.1, 0.15) is 52.4 Å². The maximum atomic E-state index is 10.4. The number of hydrogen-bond donors (Lipinski definition) is 2. The molecule has 1 saturated heterocycles. The Morgan fingerprint density at radius 3 is 2.63 bits per heavy atom. The molecule has 3 N–H and O–H groups in total. The van der Waals surface area contributed by atoms with Crippen LogP contribution in [0.15, 0.2) is 0 Å². The predicted octanol–water partition coefficient (Wildman–Crippen LogP) is 1.84. The lowest BCUT2D eigenvalue weighted by Gasteiger charge is -2.33. The molecule has 1 heterocycles. The molecule has 0 bridgehead atoms. The van der Waals surface area contributed by atoms with Crippen LogP contribution in [-0.4, -0.2) is 42.2 Å². The number of rotatable bonds is 5. The van der Waals surface area contributed by atoms with Crippen LogP contribution in [0.5, 0.6) is 0 Å². The van der Waals surface area contributed by atoms with Gasteiger partial charge in [-0.05, 0) is 51.9 Å². The molecule has 4 unspecified atom stereocenters. The van der Waals surface area contributed by atoms with Gasteiger partial charge in [0.15, 0.2) is 0 Å². The fourth-order valence-corrected chi connectivity index (χ4v) is 3.67. The van der Waals surface area contributed by atoms with Gasteiger partial charge in [-0.15, -0.1) is 0 Å². The zero-order chi connectivity index (χ0) is 13.9. The normalized spacial score (nSPS) is 43.6. The summed E-state index contributed by atoms with van der Waals surface area (Å²) in [5.41, 5.74) is 5.06. The molecule has 0 aromatic rings. The monoisotopic (exact) mass is 271 g/mol. The van der Waals surface area contributed by atoms with Crippen molar-refractivity contribution in [1.82, 2.24) is 0 Å². The van der Waals surface area contributed by atoms with Crippen molar-refractivity contribution in [3.05, 3.63) is 0 Å². The molecule has 2 rings (SSSR count). The van der Waals surface area contributed by atoms with Crippen LogP contribution in [-0.2, 0) is 9.47 Å². The van der Waals surface area contributed by atoms with E-state index in [4.69, 9.17) is 15.2 Å². The van der Waals surface area contributed by atoms with Crippen molar-refractivity contribution in [3.8, 4) is 0 Å². The molecule has 4 heteroatoms. The third-order valence-electron chi connectivity index (χ3n) is 4.75. The molecule has 0 amide bonds. The molecule has 2 fully saturated rings. The molecule has 0 spiro atoms. The van der Waals surface area contributed by atoms with Gasteiger partial charge in [0, 0.05) is 13.2 Å². The molecule has 19 heavy (non-hydrogen) atoms. The highest BCUT2D eigenvalue weighted by Gasteiger charge is 2.39. The lowest BCUT2D eigenvalue weighted by Crippen LogP contribution is -2.42. The summed E-state index contributed by atoms with van der Waals surface area (Å²) >= 11 is 0. The van der Waals surface area contributed by atoms with E-state index in [1.54, 1.807) is 0 Å². The molecule has 4 atom stereocenters. The molecule has 1 saturated carbocycles. The second-order valence-corrected chi connectivity index (χ2v) is 6.41. The van der Waals surface area contributed by atoms with Crippen molar-refractivity contribution in [3.63, 3.8) is 0 Å². The van der Waals surface area contributed by atoms with Crippen molar-refractivity contribution in [2.75, 3.05) is 13.2 Å². The zero-order valence-corrected chi connectivity index (χ0v) is 12.3. The average molecular weight is 271 g/mol. The predicted molar refractivity (Wildman–Crippen MR) is 74.9 cm³/mol. The van der Waals surface area contributed by atoms with Crippen LogP contribution in [0.25, 0.3) is 0 Å². The van der Waals surface area contributed by atoms with E-state index < -0.39 is 5.60 Å². The molecular formula is C15H29NO3. The van der Waals surface area contributed by atoms with Gasteiger partial charge >= 0.3 is 0 Å². The number of hydrogen-bond acceptors (Lipinski definition) is 4. The molecule has 0 aromatic carbocycles. The third kappa shape index (κ3) is 3.91. The molecule has 112 valence electrons. The van der Waals surface area contributed by atoms with E-state index in [0.29, 0.717) is 30.8 Å². The quantitative estimate of drug-likeness (QED) is 0.801. The lowest BCUT2D eigenvalue weighted by atomic mass is 9.88. The first-order chi connectivity index (χ1) is 9.03. The van der Waals surface area contributed by atoms with Crippen molar-refractivity contribution in [2.24, 2.45) is 11.7 Å². The van der Waals surface area contributed by atoms with Crippen molar-refractivity contribution in [1.29, 1.82) is 0 Å². The molecule has 4 nitrogen and oxygen atoms in total. The Morgan fingerprint density at radius 2 is 2.00 bits per heavy atom. The van der Waals surface area contributed by atoms with E-state index in [0.717, 1.165) is 45.1 Å². The van der Waals surface area contributed by atoms with Crippen LogP contribution in [0.2, 0.25) is 0 Å². The van der Waals surface area contributed by atoms with E-state index in [9.17, 15) is 5.11 Å². The molecule has 1 aliphatic heterocycles. The van der Waals surface area contributed by atoms with Gasteiger partial charge in [-0.25, -0.2) is 0 Å². The minimum atomic E-state index is -0.639. The van der Waals surface area contributed by atoms with Crippen LogP contribution >= 0.6 is 0 Å².